The Kier molecular flexibility index (Phi) is 7.25. The van der Waals surface area contributed by atoms with Crippen LogP contribution in [0.25, 0.3) is 17.2 Å². The largest absolute Gasteiger partial charge is 0.442 e. The molecular formula is C26H28FN3O4. The monoisotopic (exact) mass is 465 g/mol. The van der Waals surface area contributed by atoms with E-state index in [0.717, 1.165) is 31.2 Å². The highest BCUT2D eigenvalue weighted by molar-refractivity contribution is 5.92. The number of ether oxygens (including phenoxy) is 1. The summed E-state index contributed by atoms with van der Waals surface area (Å²) >= 11 is 0. The highest BCUT2D eigenvalue weighted by Gasteiger charge is 2.32. The van der Waals surface area contributed by atoms with Crippen molar-refractivity contribution in [3.63, 3.8) is 0 Å². The molecule has 1 aliphatic carbocycles. The second kappa shape index (κ2) is 10.5. The van der Waals surface area contributed by atoms with E-state index in [2.05, 4.69) is 10.6 Å². The molecule has 178 valence electrons. The van der Waals surface area contributed by atoms with Gasteiger partial charge in [-0.2, -0.15) is 0 Å². The normalized spacial score (nSPS) is 18.4. The van der Waals surface area contributed by atoms with E-state index in [1.165, 1.54) is 24.0 Å². The molecule has 3 amide bonds. The molecule has 1 heterocycles. The van der Waals surface area contributed by atoms with Crippen LogP contribution in [0.2, 0.25) is 0 Å². The predicted octanol–water partition coefficient (Wildman–Crippen LogP) is 4.03. The smallest absolute Gasteiger partial charge is 0.414 e. The number of cyclic esters (lactones) is 1. The maximum Gasteiger partial charge on any atom is 0.414 e. The number of hydrogen-bond donors (Lipinski definition) is 2. The minimum atomic E-state index is -0.574. The van der Waals surface area contributed by atoms with Crippen LogP contribution in [0.15, 0.2) is 48.5 Å². The summed E-state index contributed by atoms with van der Waals surface area (Å²) in [4.78, 5) is 36.6. The van der Waals surface area contributed by atoms with Gasteiger partial charge in [-0.15, -0.1) is 0 Å². The number of carbonyl (C=O) groups is 3. The Morgan fingerprint density at radius 1 is 1.15 bits per heavy atom. The summed E-state index contributed by atoms with van der Waals surface area (Å²) in [6.45, 7) is 1.83. The molecule has 0 unspecified atom stereocenters. The lowest BCUT2D eigenvalue weighted by molar-refractivity contribution is -0.119. The molecule has 2 aliphatic rings. The van der Waals surface area contributed by atoms with Crippen LogP contribution in [0.4, 0.5) is 14.9 Å². The molecule has 2 fully saturated rings. The fraction of sp³-hybridized carbons (Fsp3) is 0.346. The molecular weight excluding hydrogens is 437 g/mol. The van der Waals surface area contributed by atoms with Crippen LogP contribution in [-0.4, -0.2) is 43.1 Å². The molecule has 1 atom stereocenters. The maximum atomic E-state index is 14.9. The third-order valence-corrected chi connectivity index (χ3v) is 6.07. The van der Waals surface area contributed by atoms with Crippen molar-refractivity contribution >= 4 is 29.7 Å². The summed E-state index contributed by atoms with van der Waals surface area (Å²) in [6, 6.07) is 12.1. The zero-order valence-corrected chi connectivity index (χ0v) is 19.1. The Balaban J connectivity index is 1.39. The molecule has 0 radical (unpaired) electrons. The highest BCUT2D eigenvalue weighted by Crippen LogP contribution is 2.29. The first-order valence-corrected chi connectivity index (χ1v) is 11.5. The molecule has 2 aromatic carbocycles. The predicted molar refractivity (Wildman–Crippen MR) is 128 cm³/mol. The van der Waals surface area contributed by atoms with Gasteiger partial charge in [0.05, 0.1) is 18.8 Å². The Hall–Kier alpha value is -3.68. The topological polar surface area (TPSA) is 87.7 Å². The molecule has 1 aliphatic heterocycles. The molecule has 0 aromatic heterocycles. The Labute approximate surface area is 198 Å². The van der Waals surface area contributed by atoms with Gasteiger partial charge in [-0.05, 0) is 48.2 Å². The quantitative estimate of drug-likeness (QED) is 0.605. The third kappa shape index (κ3) is 5.81. The molecule has 1 saturated heterocycles. The van der Waals surface area contributed by atoms with Crippen molar-refractivity contribution in [2.45, 2.75) is 44.8 Å². The van der Waals surface area contributed by atoms with Gasteiger partial charge in [-0.1, -0.05) is 37.1 Å². The lowest BCUT2D eigenvalue weighted by Gasteiger charge is -2.14. The molecule has 4 rings (SSSR count). The zero-order valence-electron chi connectivity index (χ0n) is 19.1. The van der Waals surface area contributed by atoms with Gasteiger partial charge >= 0.3 is 6.09 Å². The van der Waals surface area contributed by atoms with Gasteiger partial charge in [0.15, 0.2) is 0 Å². The number of amides is 3. The summed E-state index contributed by atoms with van der Waals surface area (Å²) in [5, 5.41) is 5.62. The van der Waals surface area contributed by atoms with E-state index >= 15 is 0 Å². The van der Waals surface area contributed by atoms with Gasteiger partial charge in [-0.25, -0.2) is 9.18 Å². The van der Waals surface area contributed by atoms with Gasteiger partial charge < -0.3 is 15.4 Å². The lowest BCUT2D eigenvalue weighted by atomic mass is 10.0. The summed E-state index contributed by atoms with van der Waals surface area (Å²) in [7, 11) is 0. The number of benzene rings is 2. The van der Waals surface area contributed by atoms with Crippen LogP contribution in [0.5, 0.6) is 0 Å². The van der Waals surface area contributed by atoms with Crippen molar-refractivity contribution in [3.05, 3.63) is 59.9 Å². The molecule has 0 spiro atoms. The van der Waals surface area contributed by atoms with Gasteiger partial charge in [0.2, 0.25) is 11.8 Å². The SMILES string of the molecule is CC(=O)NC[C@H]1CN(c2ccc(-c3ccc(/C=C/C(=O)NC4CCCC4)cc3)c(F)c2)C(=O)O1. The first-order chi connectivity index (χ1) is 16.4. The Morgan fingerprint density at radius 3 is 2.56 bits per heavy atom. The minimum Gasteiger partial charge on any atom is -0.442 e. The van der Waals surface area contributed by atoms with Crippen LogP contribution in [-0.2, 0) is 14.3 Å². The molecule has 2 N–H and O–H groups in total. The molecule has 7 nitrogen and oxygen atoms in total. The highest BCUT2D eigenvalue weighted by atomic mass is 19.1. The summed E-state index contributed by atoms with van der Waals surface area (Å²) in [5.74, 6) is -0.772. The van der Waals surface area contributed by atoms with E-state index in [1.807, 2.05) is 12.1 Å². The number of nitrogens with zero attached hydrogens (tertiary/aromatic N) is 1. The number of halogens is 1. The van der Waals surface area contributed by atoms with Gasteiger partial charge in [0, 0.05) is 24.6 Å². The van der Waals surface area contributed by atoms with Crippen molar-refractivity contribution in [1.82, 2.24) is 10.6 Å². The molecule has 2 aromatic rings. The van der Waals surface area contributed by atoms with Gasteiger partial charge in [-0.3, -0.25) is 14.5 Å². The number of carbonyl (C=O) groups excluding carboxylic acids is 3. The van der Waals surface area contributed by atoms with E-state index < -0.39 is 18.0 Å². The first kappa shape index (κ1) is 23.5. The molecule has 34 heavy (non-hydrogen) atoms. The van der Waals surface area contributed by atoms with Crippen LogP contribution in [0.1, 0.15) is 38.2 Å². The average molecular weight is 466 g/mol. The molecule has 1 saturated carbocycles. The number of hydrogen-bond acceptors (Lipinski definition) is 4. The standard InChI is InChI=1S/C26H28FN3O4/c1-17(31)28-15-22-16-30(26(33)34-22)21-11-12-23(24(27)14-21)19-9-6-18(7-10-19)8-13-25(32)29-20-4-2-3-5-20/h6-14,20,22H,2-5,15-16H2,1H3,(H,28,31)(H,29,32)/b13-8+/t22-/m0/s1. The minimum absolute atomic E-state index is 0.0997. The zero-order chi connectivity index (χ0) is 24.1. The average Bonchev–Trinajstić information content (AvgIpc) is 3.46. The summed E-state index contributed by atoms with van der Waals surface area (Å²) in [5.41, 5.74) is 2.32. The first-order valence-electron chi connectivity index (χ1n) is 11.5. The summed E-state index contributed by atoms with van der Waals surface area (Å²) < 4.78 is 20.2. The van der Waals surface area contributed by atoms with E-state index in [-0.39, 0.29) is 30.9 Å². The van der Waals surface area contributed by atoms with E-state index in [0.29, 0.717) is 16.8 Å². The van der Waals surface area contributed by atoms with Crippen LogP contribution < -0.4 is 15.5 Å². The van der Waals surface area contributed by atoms with Crippen molar-refractivity contribution in [1.29, 1.82) is 0 Å². The van der Waals surface area contributed by atoms with E-state index in [1.54, 1.807) is 30.3 Å². The Morgan fingerprint density at radius 2 is 1.88 bits per heavy atom. The second-order valence-corrected chi connectivity index (χ2v) is 8.66. The maximum absolute atomic E-state index is 14.9. The van der Waals surface area contributed by atoms with Gasteiger partial charge in [0.25, 0.3) is 0 Å². The van der Waals surface area contributed by atoms with Crippen molar-refractivity contribution in [2.24, 2.45) is 0 Å². The van der Waals surface area contributed by atoms with Crippen LogP contribution in [0.3, 0.4) is 0 Å². The van der Waals surface area contributed by atoms with Crippen molar-refractivity contribution < 1.29 is 23.5 Å². The lowest BCUT2D eigenvalue weighted by Crippen LogP contribution is -2.33. The number of rotatable bonds is 7. The number of nitrogens with one attached hydrogen (secondary N) is 2. The van der Waals surface area contributed by atoms with Crippen molar-refractivity contribution in [2.75, 3.05) is 18.0 Å². The molecule has 8 heteroatoms. The van der Waals surface area contributed by atoms with Crippen LogP contribution in [0, 0.1) is 5.82 Å². The summed E-state index contributed by atoms with van der Waals surface area (Å²) in [6.07, 6.45) is 6.60. The van der Waals surface area contributed by atoms with Crippen LogP contribution >= 0.6 is 0 Å². The fourth-order valence-corrected chi connectivity index (χ4v) is 4.27. The third-order valence-electron chi connectivity index (χ3n) is 6.07. The van der Waals surface area contributed by atoms with E-state index in [4.69, 9.17) is 4.74 Å². The Bertz CT molecular complexity index is 1090. The van der Waals surface area contributed by atoms with Gasteiger partial charge in [0.1, 0.15) is 11.9 Å². The number of anilines is 1. The fourth-order valence-electron chi connectivity index (χ4n) is 4.27. The second-order valence-electron chi connectivity index (χ2n) is 8.66. The van der Waals surface area contributed by atoms with E-state index in [9.17, 15) is 18.8 Å². The van der Waals surface area contributed by atoms with Crippen molar-refractivity contribution in [3.8, 4) is 11.1 Å². The molecule has 0 bridgehead atoms.